The van der Waals surface area contributed by atoms with Gasteiger partial charge in [0.25, 0.3) is 0 Å². The highest BCUT2D eigenvalue weighted by atomic mass is 79.9. The summed E-state index contributed by atoms with van der Waals surface area (Å²) in [5, 5.41) is 0.754. The molecule has 0 amide bonds. The van der Waals surface area contributed by atoms with Crippen LogP contribution in [0.15, 0.2) is 40.9 Å². The molecule has 0 saturated carbocycles. The zero-order valence-corrected chi connectivity index (χ0v) is 14.5. The lowest BCUT2D eigenvalue weighted by Crippen LogP contribution is -1.98. The van der Waals surface area contributed by atoms with Gasteiger partial charge in [-0.2, -0.15) is 0 Å². The first-order valence-corrected chi connectivity index (χ1v) is 7.85. The van der Waals surface area contributed by atoms with Gasteiger partial charge in [-0.25, -0.2) is 0 Å². The lowest BCUT2D eigenvalue weighted by molar-refractivity contribution is 0.410. The standard InChI is InChI=1S/C15H13Br2ClO/c1-9-3-5-11(13(18)7-9)15(17)12-8-10(16)4-6-14(12)19-2/h3-8,15H,1-2H3. The van der Waals surface area contributed by atoms with Gasteiger partial charge in [0, 0.05) is 15.1 Å². The van der Waals surface area contributed by atoms with E-state index in [-0.39, 0.29) is 4.83 Å². The minimum Gasteiger partial charge on any atom is -0.496 e. The van der Waals surface area contributed by atoms with Crippen LogP contribution in [0.2, 0.25) is 5.02 Å². The van der Waals surface area contributed by atoms with E-state index in [0.717, 1.165) is 31.9 Å². The van der Waals surface area contributed by atoms with Crippen LogP contribution >= 0.6 is 43.5 Å². The van der Waals surface area contributed by atoms with Crippen molar-refractivity contribution in [3.8, 4) is 5.75 Å². The van der Waals surface area contributed by atoms with Crippen LogP contribution in [0.25, 0.3) is 0 Å². The molecule has 2 aromatic carbocycles. The molecule has 0 aliphatic rings. The molecule has 19 heavy (non-hydrogen) atoms. The molecule has 0 radical (unpaired) electrons. The highest BCUT2D eigenvalue weighted by Gasteiger charge is 2.18. The zero-order valence-electron chi connectivity index (χ0n) is 10.6. The second-order valence-corrected chi connectivity index (χ2v) is 6.51. The highest BCUT2D eigenvalue weighted by molar-refractivity contribution is 9.10. The van der Waals surface area contributed by atoms with Gasteiger partial charge in [0.2, 0.25) is 0 Å². The van der Waals surface area contributed by atoms with Crippen molar-refractivity contribution in [3.05, 3.63) is 62.6 Å². The summed E-state index contributed by atoms with van der Waals surface area (Å²) in [5.74, 6) is 0.835. The molecule has 1 unspecified atom stereocenters. The quantitative estimate of drug-likeness (QED) is 0.579. The maximum Gasteiger partial charge on any atom is 0.123 e. The van der Waals surface area contributed by atoms with Gasteiger partial charge in [0.05, 0.1) is 11.9 Å². The van der Waals surface area contributed by atoms with E-state index in [1.807, 2.05) is 37.3 Å². The Morgan fingerprint density at radius 2 is 1.84 bits per heavy atom. The Morgan fingerprint density at radius 3 is 2.47 bits per heavy atom. The van der Waals surface area contributed by atoms with Crippen molar-refractivity contribution in [1.82, 2.24) is 0 Å². The van der Waals surface area contributed by atoms with Crippen molar-refractivity contribution >= 4 is 43.5 Å². The number of alkyl halides is 1. The minimum absolute atomic E-state index is 0.00644. The molecule has 1 atom stereocenters. The number of hydrogen-bond donors (Lipinski definition) is 0. The Hall–Kier alpha value is -0.510. The normalized spacial score (nSPS) is 12.3. The van der Waals surface area contributed by atoms with Crippen LogP contribution in [0.3, 0.4) is 0 Å². The van der Waals surface area contributed by atoms with Gasteiger partial charge >= 0.3 is 0 Å². The molecule has 1 nitrogen and oxygen atoms in total. The fourth-order valence-corrected chi connectivity index (χ4v) is 3.52. The summed E-state index contributed by atoms with van der Waals surface area (Å²) in [4.78, 5) is -0.00644. The number of ether oxygens (including phenoxy) is 1. The zero-order chi connectivity index (χ0) is 14.0. The molecule has 0 heterocycles. The van der Waals surface area contributed by atoms with E-state index in [1.54, 1.807) is 7.11 Å². The Bertz CT molecular complexity index is 599. The molecule has 0 spiro atoms. The van der Waals surface area contributed by atoms with Crippen LogP contribution in [0.4, 0.5) is 0 Å². The number of aryl methyl sites for hydroxylation is 1. The Labute approximate surface area is 135 Å². The Morgan fingerprint density at radius 1 is 1.11 bits per heavy atom. The molecule has 0 aromatic heterocycles. The number of hydrogen-bond acceptors (Lipinski definition) is 1. The summed E-state index contributed by atoms with van der Waals surface area (Å²) < 4.78 is 6.42. The van der Waals surface area contributed by atoms with Crippen molar-refractivity contribution in [2.24, 2.45) is 0 Å². The third-order valence-corrected chi connectivity index (χ3v) is 4.70. The Balaban J connectivity index is 2.49. The molecule has 0 fully saturated rings. The maximum absolute atomic E-state index is 6.33. The van der Waals surface area contributed by atoms with Crippen LogP contribution < -0.4 is 4.74 Å². The third kappa shape index (κ3) is 3.33. The number of halogens is 3. The number of benzene rings is 2. The second kappa shape index (κ2) is 6.29. The molecule has 0 aliphatic heterocycles. The predicted octanol–water partition coefficient (Wildman–Crippen LogP) is 5.90. The van der Waals surface area contributed by atoms with Crippen molar-refractivity contribution in [1.29, 1.82) is 0 Å². The highest BCUT2D eigenvalue weighted by Crippen LogP contribution is 2.40. The smallest absolute Gasteiger partial charge is 0.123 e. The molecular weight excluding hydrogens is 391 g/mol. The van der Waals surface area contributed by atoms with E-state index in [1.165, 1.54) is 0 Å². The number of methoxy groups -OCH3 is 1. The maximum atomic E-state index is 6.33. The summed E-state index contributed by atoms with van der Waals surface area (Å²) in [6.07, 6.45) is 0. The lowest BCUT2D eigenvalue weighted by Gasteiger charge is -2.16. The van der Waals surface area contributed by atoms with E-state index >= 15 is 0 Å². The molecular formula is C15H13Br2ClO. The monoisotopic (exact) mass is 402 g/mol. The molecule has 0 bridgehead atoms. The van der Waals surface area contributed by atoms with E-state index in [9.17, 15) is 0 Å². The summed E-state index contributed by atoms with van der Waals surface area (Å²) in [7, 11) is 1.67. The summed E-state index contributed by atoms with van der Waals surface area (Å²) in [6, 6.07) is 12.0. The Kier molecular flexibility index (Phi) is 4.93. The van der Waals surface area contributed by atoms with Crippen LogP contribution in [0, 0.1) is 6.92 Å². The first kappa shape index (κ1) is 14.9. The fourth-order valence-electron chi connectivity index (χ4n) is 1.91. The van der Waals surface area contributed by atoms with E-state index < -0.39 is 0 Å². The molecule has 0 N–H and O–H groups in total. The largest absolute Gasteiger partial charge is 0.496 e. The van der Waals surface area contributed by atoms with Crippen molar-refractivity contribution < 1.29 is 4.74 Å². The van der Waals surface area contributed by atoms with E-state index in [0.29, 0.717) is 0 Å². The van der Waals surface area contributed by atoms with Crippen molar-refractivity contribution in [2.75, 3.05) is 7.11 Å². The lowest BCUT2D eigenvalue weighted by atomic mass is 10.0. The van der Waals surface area contributed by atoms with Gasteiger partial charge in [-0.1, -0.05) is 55.6 Å². The summed E-state index contributed by atoms with van der Waals surface area (Å²) >= 11 is 13.5. The molecule has 0 saturated heterocycles. The third-order valence-electron chi connectivity index (χ3n) is 2.89. The van der Waals surface area contributed by atoms with E-state index in [2.05, 4.69) is 37.9 Å². The molecule has 100 valence electrons. The molecule has 2 rings (SSSR count). The summed E-state index contributed by atoms with van der Waals surface area (Å²) in [6.45, 7) is 2.03. The van der Waals surface area contributed by atoms with Crippen molar-refractivity contribution in [2.45, 2.75) is 11.8 Å². The first-order chi connectivity index (χ1) is 9.02. The summed E-state index contributed by atoms with van der Waals surface area (Å²) in [5.41, 5.74) is 3.22. The van der Waals surface area contributed by atoms with Crippen LogP contribution in [-0.2, 0) is 0 Å². The van der Waals surface area contributed by atoms with Gasteiger partial charge in [0.15, 0.2) is 0 Å². The van der Waals surface area contributed by atoms with Crippen molar-refractivity contribution in [3.63, 3.8) is 0 Å². The van der Waals surface area contributed by atoms with Gasteiger partial charge in [0.1, 0.15) is 5.75 Å². The topological polar surface area (TPSA) is 9.23 Å². The predicted molar refractivity (Wildman–Crippen MR) is 87.7 cm³/mol. The second-order valence-electron chi connectivity index (χ2n) is 4.27. The molecule has 0 aliphatic carbocycles. The van der Waals surface area contributed by atoms with E-state index in [4.69, 9.17) is 16.3 Å². The average molecular weight is 405 g/mol. The van der Waals surface area contributed by atoms with Crippen LogP contribution in [-0.4, -0.2) is 7.11 Å². The van der Waals surface area contributed by atoms with Gasteiger partial charge in [-0.05, 0) is 42.3 Å². The van der Waals surface area contributed by atoms with Crippen LogP contribution in [0.1, 0.15) is 21.5 Å². The van der Waals surface area contributed by atoms with Crippen LogP contribution in [0.5, 0.6) is 5.75 Å². The average Bonchev–Trinajstić information content (AvgIpc) is 2.38. The minimum atomic E-state index is -0.00644. The molecule has 4 heteroatoms. The van der Waals surface area contributed by atoms with Gasteiger partial charge in [-0.3, -0.25) is 0 Å². The fraction of sp³-hybridized carbons (Fsp3) is 0.200. The number of rotatable bonds is 3. The first-order valence-electron chi connectivity index (χ1n) is 5.76. The SMILES string of the molecule is COc1ccc(Br)cc1C(Br)c1ccc(C)cc1Cl. The van der Waals surface area contributed by atoms with Gasteiger partial charge in [-0.15, -0.1) is 0 Å². The van der Waals surface area contributed by atoms with Gasteiger partial charge < -0.3 is 4.74 Å². The molecule has 2 aromatic rings.